The molecule has 1 rings (SSSR count). The molecule has 6 nitrogen and oxygen atoms in total. The minimum atomic E-state index is -3.99. The van der Waals surface area contributed by atoms with Gasteiger partial charge in [0.05, 0.1) is 6.16 Å². The van der Waals surface area contributed by atoms with Gasteiger partial charge in [-0.25, -0.2) is 0 Å². The summed E-state index contributed by atoms with van der Waals surface area (Å²) in [5.41, 5.74) is 0. The van der Waals surface area contributed by atoms with Gasteiger partial charge in [-0.2, -0.15) is 0 Å². The highest BCUT2D eigenvalue weighted by Crippen LogP contribution is 2.34. The van der Waals surface area contributed by atoms with E-state index in [1.165, 1.54) is 6.08 Å². The third kappa shape index (κ3) is 4.90. The van der Waals surface area contributed by atoms with Crippen LogP contribution in [0.4, 0.5) is 0 Å². The third-order valence-electron chi connectivity index (χ3n) is 2.49. The van der Waals surface area contributed by atoms with E-state index in [1.54, 1.807) is 6.08 Å². The predicted octanol–water partition coefficient (Wildman–Crippen LogP) is 0.173. The Balaban J connectivity index is 2.43. The minimum absolute atomic E-state index is 0.0777. The number of carboxylic acid groups (broad SMARTS) is 1. The molecular formula is C9H16NO5P. The fourth-order valence-corrected chi connectivity index (χ4v) is 2.10. The number of aliphatic carboxylic acids is 1. The van der Waals surface area contributed by atoms with E-state index >= 15 is 0 Å². The molecule has 1 heterocycles. The number of piperidine rings is 1. The average molecular weight is 249 g/mol. The maximum absolute atomic E-state index is 10.7. The van der Waals surface area contributed by atoms with Crippen LogP contribution in [0.1, 0.15) is 12.8 Å². The van der Waals surface area contributed by atoms with Gasteiger partial charge in [-0.15, -0.1) is 0 Å². The van der Waals surface area contributed by atoms with Gasteiger partial charge in [0.1, 0.15) is 6.04 Å². The highest BCUT2D eigenvalue weighted by molar-refractivity contribution is 7.51. The molecule has 0 bridgehead atoms. The number of allylic oxidation sites excluding steroid dienone is 2. The van der Waals surface area contributed by atoms with E-state index in [4.69, 9.17) is 14.9 Å². The summed E-state index contributed by atoms with van der Waals surface area (Å²) < 4.78 is 10.6. The normalized spacial score (nSPS) is 27.1. The zero-order chi connectivity index (χ0) is 12.2. The lowest BCUT2D eigenvalue weighted by Crippen LogP contribution is -2.43. The maximum Gasteiger partial charge on any atom is 0.329 e. The number of hydrogen-bond donors (Lipinski definition) is 4. The number of nitrogens with one attached hydrogen (secondary N) is 1. The molecule has 0 amide bonds. The molecule has 0 aromatic carbocycles. The summed E-state index contributed by atoms with van der Waals surface area (Å²) in [6, 6.07) is -0.557. The van der Waals surface area contributed by atoms with Gasteiger partial charge < -0.3 is 20.2 Å². The zero-order valence-corrected chi connectivity index (χ0v) is 9.64. The Kier molecular flexibility index (Phi) is 4.68. The van der Waals surface area contributed by atoms with E-state index in [2.05, 4.69) is 5.32 Å². The van der Waals surface area contributed by atoms with E-state index in [9.17, 15) is 9.36 Å². The number of hydrogen-bond acceptors (Lipinski definition) is 3. The molecule has 1 aliphatic heterocycles. The van der Waals surface area contributed by atoms with Crippen LogP contribution >= 0.6 is 7.60 Å². The van der Waals surface area contributed by atoms with Gasteiger partial charge in [0.25, 0.3) is 0 Å². The molecule has 0 aromatic rings. The van der Waals surface area contributed by atoms with Gasteiger partial charge in [0.15, 0.2) is 0 Å². The molecule has 0 spiro atoms. The molecule has 2 atom stereocenters. The molecule has 16 heavy (non-hydrogen) atoms. The van der Waals surface area contributed by atoms with Crippen molar-refractivity contribution in [2.45, 2.75) is 18.9 Å². The van der Waals surface area contributed by atoms with Crippen molar-refractivity contribution >= 4 is 13.6 Å². The first-order chi connectivity index (χ1) is 7.38. The first-order valence-electron chi connectivity index (χ1n) is 5.06. The largest absolute Gasteiger partial charge is 0.480 e. The molecule has 0 aliphatic carbocycles. The molecule has 7 heteroatoms. The number of carbonyl (C=O) groups is 1. The highest BCUT2D eigenvalue weighted by atomic mass is 31.2. The Bertz CT molecular complexity index is 324. The standard InChI is InChI=1S/C9H16NO5P/c11-9(12)8-6-7(3-4-10-8)2-1-5-16(13,14)15/h1-2,7-8,10H,3-6H2,(H,11,12)(H2,13,14,15)/b2-1+/t7-,8-/m1/s1. The zero-order valence-electron chi connectivity index (χ0n) is 8.74. The van der Waals surface area contributed by atoms with Gasteiger partial charge in [0, 0.05) is 0 Å². The van der Waals surface area contributed by atoms with Crippen LogP contribution in [0.15, 0.2) is 12.2 Å². The second-order valence-electron chi connectivity index (χ2n) is 3.90. The number of carboxylic acids is 1. The summed E-state index contributed by atoms with van der Waals surface area (Å²) in [6.07, 6.45) is 4.12. The topological polar surface area (TPSA) is 107 Å². The molecule has 92 valence electrons. The van der Waals surface area contributed by atoms with Crippen molar-refractivity contribution in [2.24, 2.45) is 5.92 Å². The molecule has 0 aromatic heterocycles. The summed E-state index contributed by atoms with van der Waals surface area (Å²) in [5, 5.41) is 11.7. The van der Waals surface area contributed by atoms with Gasteiger partial charge in [0.2, 0.25) is 0 Å². The van der Waals surface area contributed by atoms with Crippen LogP contribution in [-0.4, -0.2) is 39.6 Å². The van der Waals surface area contributed by atoms with Crippen molar-refractivity contribution in [3.63, 3.8) is 0 Å². The predicted molar refractivity (Wildman–Crippen MR) is 58.2 cm³/mol. The van der Waals surface area contributed by atoms with Crippen molar-refractivity contribution in [1.29, 1.82) is 0 Å². The van der Waals surface area contributed by atoms with Gasteiger partial charge >= 0.3 is 13.6 Å². The fourth-order valence-electron chi connectivity index (χ4n) is 1.70. The highest BCUT2D eigenvalue weighted by Gasteiger charge is 2.24. The fraction of sp³-hybridized carbons (Fsp3) is 0.667. The number of rotatable bonds is 4. The molecule has 0 radical (unpaired) electrons. The monoisotopic (exact) mass is 249 g/mol. The Morgan fingerprint density at radius 2 is 2.19 bits per heavy atom. The SMILES string of the molecule is O=C(O)[C@H]1C[C@H](/C=C/CP(=O)(O)O)CCN1. The molecule has 1 aliphatic rings. The van der Waals surface area contributed by atoms with E-state index in [1.807, 2.05) is 0 Å². The van der Waals surface area contributed by atoms with Crippen LogP contribution in [0.25, 0.3) is 0 Å². The smallest absolute Gasteiger partial charge is 0.329 e. The quantitative estimate of drug-likeness (QED) is 0.418. The van der Waals surface area contributed by atoms with Crippen LogP contribution < -0.4 is 5.32 Å². The lowest BCUT2D eigenvalue weighted by atomic mass is 9.92. The van der Waals surface area contributed by atoms with Crippen LogP contribution in [0.3, 0.4) is 0 Å². The minimum Gasteiger partial charge on any atom is -0.480 e. The summed E-state index contributed by atoms with van der Waals surface area (Å²) in [5.74, 6) is -0.804. The Labute approximate surface area is 93.5 Å². The molecular weight excluding hydrogens is 233 g/mol. The molecule has 0 unspecified atom stereocenters. The lowest BCUT2D eigenvalue weighted by molar-refractivity contribution is -0.140. The Hall–Kier alpha value is -0.680. The molecule has 4 N–H and O–H groups in total. The van der Waals surface area contributed by atoms with E-state index in [0.717, 1.165) is 6.42 Å². The molecule has 0 saturated carbocycles. The van der Waals surface area contributed by atoms with E-state index < -0.39 is 19.6 Å². The molecule has 1 saturated heterocycles. The maximum atomic E-state index is 10.7. The third-order valence-corrected chi connectivity index (χ3v) is 3.18. The van der Waals surface area contributed by atoms with Crippen molar-refractivity contribution in [3.8, 4) is 0 Å². The second kappa shape index (κ2) is 5.59. The summed E-state index contributed by atoms with van der Waals surface area (Å²) in [4.78, 5) is 28.0. The van der Waals surface area contributed by atoms with Crippen molar-refractivity contribution in [1.82, 2.24) is 5.32 Å². The molecule has 1 fully saturated rings. The summed E-state index contributed by atoms with van der Waals surface area (Å²) in [6.45, 7) is 0.613. The Morgan fingerprint density at radius 3 is 2.75 bits per heavy atom. The summed E-state index contributed by atoms with van der Waals surface area (Å²) >= 11 is 0. The average Bonchev–Trinajstić information content (AvgIpc) is 2.16. The lowest BCUT2D eigenvalue weighted by Gasteiger charge is -2.25. The van der Waals surface area contributed by atoms with Gasteiger partial charge in [-0.3, -0.25) is 9.36 Å². The van der Waals surface area contributed by atoms with Crippen LogP contribution in [0.5, 0.6) is 0 Å². The van der Waals surface area contributed by atoms with Crippen molar-refractivity contribution < 1.29 is 24.3 Å². The van der Waals surface area contributed by atoms with E-state index in [0.29, 0.717) is 13.0 Å². The second-order valence-corrected chi connectivity index (χ2v) is 5.60. The van der Waals surface area contributed by atoms with Crippen molar-refractivity contribution in [3.05, 3.63) is 12.2 Å². The first-order valence-corrected chi connectivity index (χ1v) is 6.85. The van der Waals surface area contributed by atoms with Crippen LogP contribution in [-0.2, 0) is 9.36 Å². The van der Waals surface area contributed by atoms with Crippen LogP contribution in [0, 0.1) is 5.92 Å². The Morgan fingerprint density at radius 1 is 1.50 bits per heavy atom. The van der Waals surface area contributed by atoms with Crippen LogP contribution in [0.2, 0.25) is 0 Å². The first kappa shape index (κ1) is 13.4. The van der Waals surface area contributed by atoms with Gasteiger partial charge in [-0.1, -0.05) is 12.2 Å². The van der Waals surface area contributed by atoms with Crippen molar-refractivity contribution in [2.75, 3.05) is 12.7 Å². The van der Waals surface area contributed by atoms with E-state index in [-0.39, 0.29) is 12.1 Å². The van der Waals surface area contributed by atoms with Gasteiger partial charge in [-0.05, 0) is 25.3 Å². The summed E-state index contributed by atoms with van der Waals surface area (Å²) in [7, 11) is -3.99.